The number of aryl methyl sites for hydroxylation is 1. The van der Waals surface area contributed by atoms with E-state index in [0.29, 0.717) is 11.3 Å². The van der Waals surface area contributed by atoms with E-state index in [1.165, 1.54) is 11.3 Å². The number of halogens is 1. The zero-order valence-electron chi connectivity index (χ0n) is 11.1. The van der Waals surface area contributed by atoms with E-state index < -0.39 is 0 Å². The number of nitrogens with one attached hydrogen (secondary N) is 1. The monoisotopic (exact) mass is 410 g/mol. The van der Waals surface area contributed by atoms with Gasteiger partial charge in [-0.2, -0.15) is 0 Å². The van der Waals surface area contributed by atoms with Crippen molar-refractivity contribution in [2.24, 2.45) is 7.05 Å². The topological polar surface area (TPSA) is 51.1 Å². The Labute approximate surface area is 138 Å². The maximum absolute atomic E-state index is 12.2. The lowest BCUT2D eigenvalue weighted by molar-refractivity contribution is 0.102. The van der Waals surface area contributed by atoms with E-state index >= 15 is 0 Å². The SMILES string of the molecule is Cn1c(=O)sc2cc(NC(=O)c3ccc(I)cc3)ccc21. The molecule has 1 aromatic heterocycles. The molecule has 3 aromatic rings. The summed E-state index contributed by atoms with van der Waals surface area (Å²) in [5.74, 6) is -0.158. The molecule has 2 aromatic carbocycles. The Bertz CT molecular complexity index is 881. The Hall–Kier alpha value is -1.67. The van der Waals surface area contributed by atoms with E-state index in [0.717, 1.165) is 13.8 Å². The van der Waals surface area contributed by atoms with Crippen molar-refractivity contribution in [2.45, 2.75) is 0 Å². The highest BCUT2D eigenvalue weighted by Gasteiger charge is 2.08. The molecule has 1 amide bonds. The normalized spacial score (nSPS) is 10.8. The average Bonchev–Trinajstić information content (AvgIpc) is 2.74. The number of fused-ring (bicyclic) bond motifs is 1. The smallest absolute Gasteiger partial charge is 0.307 e. The molecule has 21 heavy (non-hydrogen) atoms. The van der Waals surface area contributed by atoms with E-state index in [-0.39, 0.29) is 10.8 Å². The molecule has 0 saturated carbocycles. The van der Waals surface area contributed by atoms with E-state index in [2.05, 4.69) is 27.9 Å². The molecule has 0 spiro atoms. The van der Waals surface area contributed by atoms with Gasteiger partial charge in [0, 0.05) is 21.9 Å². The highest BCUT2D eigenvalue weighted by Crippen LogP contribution is 2.21. The van der Waals surface area contributed by atoms with Crippen LogP contribution in [0.4, 0.5) is 5.69 Å². The second-order valence-electron chi connectivity index (χ2n) is 4.57. The standard InChI is InChI=1S/C15H11IN2O2S/c1-18-12-7-6-11(8-13(12)21-15(18)20)17-14(19)9-2-4-10(16)5-3-9/h2-8H,1H3,(H,17,19). The molecule has 1 N–H and O–H groups in total. The van der Waals surface area contributed by atoms with Gasteiger partial charge < -0.3 is 9.88 Å². The summed E-state index contributed by atoms with van der Waals surface area (Å²) >= 11 is 3.37. The average molecular weight is 410 g/mol. The second-order valence-corrected chi connectivity index (χ2v) is 6.81. The minimum Gasteiger partial charge on any atom is -0.322 e. The van der Waals surface area contributed by atoms with Crippen LogP contribution in [-0.4, -0.2) is 10.5 Å². The molecule has 0 bridgehead atoms. The van der Waals surface area contributed by atoms with Gasteiger partial charge in [-0.3, -0.25) is 9.59 Å². The summed E-state index contributed by atoms with van der Waals surface area (Å²) in [6.45, 7) is 0. The number of hydrogen-bond donors (Lipinski definition) is 1. The predicted octanol–water partition coefficient (Wildman–Crippen LogP) is 3.46. The van der Waals surface area contributed by atoms with E-state index in [1.54, 1.807) is 29.8 Å². The van der Waals surface area contributed by atoms with Gasteiger partial charge in [-0.05, 0) is 65.1 Å². The lowest BCUT2D eigenvalue weighted by Gasteiger charge is -2.05. The number of anilines is 1. The van der Waals surface area contributed by atoms with Gasteiger partial charge in [0.1, 0.15) is 0 Å². The van der Waals surface area contributed by atoms with Gasteiger partial charge in [0.25, 0.3) is 5.91 Å². The number of rotatable bonds is 2. The minimum absolute atomic E-state index is 0.00823. The van der Waals surface area contributed by atoms with E-state index in [1.807, 2.05) is 24.3 Å². The number of carbonyl (C=O) groups excluding carboxylic acids is 1. The van der Waals surface area contributed by atoms with Crippen LogP contribution in [0.25, 0.3) is 10.2 Å². The summed E-state index contributed by atoms with van der Waals surface area (Å²) in [4.78, 5) is 23.8. The lowest BCUT2D eigenvalue weighted by atomic mass is 10.2. The molecule has 0 fully saturated rings. The molecule has 0 aliphatic rings. The van der Waals surface area contributed by atoms with Crippen LogP contribution >= 0.6 is 33.9 Å². The highest BCUT2D eigenvalue weighted by molar-refractivity contribution is 14.1. The van der Waals surface area contributed by atoms with Gasteiger partial charge >= 0.3 is 4.87 Å². The van der Waals surface area contributed by atoms with Crippen molar-refractivity contribution in [2.75, 3.05) is 5.32 Å². The summed E-state index contributed by atoms with van der Waals surface area (Å²) in [5, 5.41) is 2.85. The first-order valence-corrected chi connectivity index (χ1v) is 8.10. The van der Waals surface area contributed by atoms with Gasteiger partial charge in [-0.25, -0.2) is 0 Å². The van der Waals surface area contributed by atoms with Crippen LogP contribution in [0.2, 0.25) is 0 Å². The van der Waals surface area contributed by atoms with Crippen LogP contribution in [0.1, 0.15) is 10.4 Å². The molecule has 0 aliphatic carbocycles. The number of carbonyl (C=O) groups is 1. The molecular formula is C15H11IN2O2S. The number of nitrogens with zero attached hydrogens (tertiary/aromatic N) is 1. The Balaban J connectivity index is 1.89. The van der Waals surface area contributed by atoms with Crippen molar-refractivity contribution in [3.8, 4) is 0 Å². The third kappa shape index (κ3) is 2.86. The van der Waals surface area contributed by atoms with Crippen molar-refractivity contribution in [3.63, 3.8) is 0 Å². The molecule has 3 rings (SSSR count). The first kappa shape index (κ1) is 14.3. The number of aromatic nitrogens is 1. The Morgan fingerprint density at radius 1 is 1.19 bits per heavy atom. The van der Waals surface area contributed by atoms with Crippen LogP contribution in [-0.2, 0) is 7.05 Å². The van der Waals surface area contributed by atoms with Crippen LogP contribution < -0.4 is 10.2 Å². The Morgan fingerprint density at radius 2 is 1.90 bits per heavy atom. The highest BCUT2D eigenvalue weighted by atomic mass is 127. The third-order valence-electron chi connectivity index (χ3n) is 3.16. The molecule has 0 aliphatic heterocycles. The predicted molar refractivity (Wildman–Crippen MR) is 94.2 cm³/mol. The van der Waals surface area contributed by atoms with Crippen molar-refractivity contribution in [1.29, 1.82) is 0 Å². The van der Waals surface area contributed by atoms with Gasteiger partial charge in [-0.15, -0.1) is 0 Å². The molecule has 0 saturated heterocycles. The fraction of sp³-hybridized carbons (Fsp3) is 0.0667. The number of hydrogen-bond acceptors (Lipinski definition) is 3. The van der Waals surface area contributed by atoms with Crippen molar-refractivity contribution in [3.05, 3.63) is 61.3 Å². The van der Waals surface area contributed by atoms with Crippen molar-refractivity contribution >= 4 is 55.7 Å². The summed E-state index contributed by atoms with van der Waals surface area (Å²) < 4.78 is 3.55. The molecular weight excluding hydrogens is 399 g/mol. The quantitative estimate of drug-likeness (QED) is 0.658. The number of amides is 1. The van der Waals surface area contributed by atoms with Gasteiger partial charge in [0.2, 0.25) is 0 Å². The van der Waals surface area contributed by atoms with Crippen LogP contribution in [0.3, 0.4) is 0 Å². The number of thiazole rings is 1. The number of benzene rings is 2. The lowest BCUT2D eigenvalue weighted by Crippen LogP contribution is -2.11. The molecule has 4 nitrogen and oxygen atoms in total. The van der Waals surface area contributed by atoms with Crippen LogP contribution in [0.15, 0.2) is 47.3 Å². The van der Waals surface area contributed by atoms with Crippen LogP contribution in [0, 0.1) is 3.57 Å². The van der Waals surface area contributed by atoms with Crippen LogP contribution in [0.5, 0.6) is 0 Å². The fourth-order valence-corrected chi connectivity index (χ4v) is 3.29. The summed E-state index contributed by atoms with van der Waals surface area (Å²) in [5.41, 5.74) is 2.17. The first-order valence-electron chi connectivity index (χ1n) is 6.21. The Kier molecular flexibility index (Phi) is 3.81. The summed E-state index contributed by atoms with van der Waals surface area (Å²) in [6.07, 6.45) is 0. The van der Waals surface area contributed by atoms with Gasteiger partial charge in [0.05, 0.1) is 10.2 Å². The molecule has 1 heterocycles. The summed E-state index contributed by atoms with van der Waals surface area (Å²) in [7, 11) is 1.74. The molecule has 0 radical (unpaired) electrons. The van der Waals surface area contributed by atoms with Gasteiger partial charge in [0.15, 0.2) is 0 Å². The van der Waals surface area contributed by atoms with Crippen molar-refractivity contribution < 1.29 is 4.79 Å². The molecule has 6 heteroatoms. The second kappa shape index (κ2) is 5.61. The zero-order valence-corrected chi connectivity index (χ0v) is 14.1. The zero-order chi connectivity index (χ0) is 15.0. The van der Waals surface area contributed by atoms with E-state index in [9.17, 15) is 9.59 Å². The molecule has 106 valence electrons. The maximum Gasteiger partial charge on any atom is 0.307 e. The van der Waals surface area contributed by atoms with E-state index in [4.69, 9.17) is 0 Å². The molecule has 0 atom stereocenters. The largest absolute Gasteiger partial charge is 0.322 e. The Morgan fingerprint density at radius 3 is 2.62 bits per heavy atom. The van der Waals surface area contributed by atoms with Gasteiger partial charge in [-0.1, -0.05) is 11.3 Å². The summed E-state index contributed by atoms with van der Waals surface area (Å²) in [6, 6.07) is 12.8. The maximum atomic E-state index is 12.2. The third-order valence-corrected chi connectivity index (χ3v) is 4.87. The van der Waals surface area contributed by atoms with Crippen molar-refractivity contribution in [1.82, 2.24) is 4.57 Å². The minimum atomic E-state index is -0.158. The molecule has 0 unspecified atom stereocenters. The first-order chi connectivity index (χ1) is 10.0. The fourth-order valence-electron chi connectivity index (χ4n) is 2.02.